The predicted molar refractivity (Wildman–Crippen MR) is 48.3 cm³/mol. The van der Waals surface area contributed by atoms with Crippen molar-refractivity contribution >= 4 is 0 Å². The lowest BCUT2D eigenvalue weighted by Crippen LogP contribution is -1.86. The van der Waals surface area contributed by atoms with Crippen molar-refractivity contribution in [2.24, 2.45) is 0 Å². The van der Waals surface area contributed by atoms with Crippen LogP contribution in [0.2, 0.25) is 0 Å². The van der Waals surface area contributed by atoms with E-state index in [9.17, 15) is 0 Å². The van der Waals surface area contributed by atoms with Crippen LogP contribution in [0.5, 0.6) is 0 Å². The van der Waals surface area contributed by atoms with E-state index in [1.807, 2.05) is 0 Å². The zero-order valence-corrected chi connectivity index (χ0v) is 6.59. The van der Waals surface area contributed by atoms with Crippen molar-refractivity contribution in [3.05, 3.63) is 47.6 Å². The van der Waals surface area contributed by atoms with Gasteiger partial charge in [0.25, 0.3) is 0 Å². The molecule has 2 aliphatic rings. The number of hydrogen-bond donors (Lipinski definition) is 0. The first kappa shape index (κ1) is 6.66. The Hall–Kier alpha value is -1.04. The van der Waals surface area contributed by atoms with Crippen molar-refractivity contribution in [1.82, 2.24) is 0 Å². The van der Waals surface area contributed by atoms with Crippen molar-refractivity contribution in [3.63, 3.8) is 0 Å². The third-order valence-electron chi connectivity index (χ3n) is 2.10. The van der Waals surface area contributed by atoms with Gasteiger partial charge in [0.1, 0.15) is 0 Å². The van der Waals surface area contributed by atoms with Crippen LogP contribution in [0.4, 0.5) is 0 Å². The van der Waals surface area contributed by atoms with Gasteiger partial charge in [-0.05, 0) is 30.4 Å². The number of allylic oxidation sites excluding steroid dienone is 8. The third-order valence-corrected chi connectivity index (χ3v) is 2.10. The molecular formula is C11H12. The van der Waals surface area contributed by atoms with Gasteiger partial charge < -0.3 is 0 Å². The highest BCUT2D eigenvalue weighted by molar-refractivity contribution is 5.49. The Labute approximate surface area is 67.6 Å². The summed E-state index contributed by atoms with van der Waals surface area (Å²) in [5, 5.41) is 0. The van der Waals surface area contributed by atoms with Crippen LogP contribution in [-0.4, -0.2) is 0 Å². The summed E-state index contributed by atoms with van der Waals surface area (Å²) in [6.45, 7) is 0. The minimum absolute atomic E-state index is 1.09. The molecule has 0 heterocycles. The topological polar surface area (TPSA) is 0 Å². The second kappa shape index (κ2) is 2.91. The molecule has 0 bridgehead atoms. The predicted octanol–water partition coefficient (Wildman–Crippen LogP) is 3.15. The molecular weight excluding hydrogens is 132 g/mol. The smallest absolute Gasteiger partial charge is 0.0157 e. The fourth-order valence-corrected chi connectivity index (χ4v) is 1.50. The van der Waals surface area contributed by atoms with Gasteiger partial charge in [0, 0.05) is 0 Å². The molecule has 0 fully saturated rings. The maximum Gasteiger partial charge on any atom is -0.0157 e. The van der Waals surface area contributed by atoms with Gasteiger partial charge in [-0.15, -0.1) is 0 Å². The molecule has 2 aliphatic carbocycles. The Morgan fingerprint density at radius 3 is 2.64 bits per heavy atom. The van der Waals surface area contributed by atoms with Crippen LogP contribution in [0.15, 0.2) is 47.6 Å². The number of hydrogen-bond acceptors (Lipinski definition) is 0. The maximum atomic E-state index is 2.32. The Kier molecular flexibility index (Phi) is 1.76. The zero-order valence-electron chi connectivity index (χ0n) is 6.59. The Balaban J connectivity index is 2.36. The van der Waals surface area contributed by atoms with Crippen LogP contribution >= 0.6 is 0 Å². The van der Waals surface area contributed by atoms with Gasteiger partial charge in [-0.1, -0.05) is 36.5 Å². The zero-order chi connectivity index (χ0) is 7.52. The molecule has 0 aliphatic heterocycles. The summed E-state index contributed by atoms with van der Waals surface area (Å²) in [6.07, 6.45) is 17.0. The van der Waals surface area contributed by atoms with E-state index >= 15 is 0 Å². The van der Waals surface area contributed by atoms with Gasteiger partial charge in [-0.3, -0.25) is 0 Å². The van der Waals surface area contributed by atoms with Gasteiger partial charge in [0.05, 0.1) is 0 Å². The average molecular weight is 144 g/mol. The molecule has 0 aromatic carbocycles. The van der Waals surface area contributed by atoms with Crippen LogP contribution in [0, 0.1) is 0 Å². The molecule has 0 amide bonds. The SMILES string of the molecule is C1=CC2=CCCC=CC2=CC1. The minimum Gasteiger partial charge on any atom is -0.0836 e. The first-order chi connectivity index (χ1) is 5.47. The summed E-state index contributed by atoms with van der Waals surface area (Å²) < 4.78 is 0. The van der Waals surface area contributed by atoms with E-state index in [4.69, 9.17) is 0 Å². The second-order valence-electron chi connectivity index (χ2n) is 2.94. The van der Waals surface area contributed by atoms with Crippen LogP contribution in [0.1, 0.15) is 19.3 Å². The van der Waals surface area contributed by atoms with Crippen molar-refractivity contribution in [2.75, 3.05) is 0 Å². The molecule has 11 heavy (non-hydrogen) atoms. The number of fused-ring (bicyclic) bond motifs is 1. The second-order valence-corrected chi connectivity index (χ2v) is 2.94. The molecule has 0 saturated heterocycles. The quantitative estimate of drug-likeness (QED) is 0.490. The molecule has 2 rings (SSSR count). The summed E-state index contributed by atoms with van der Waals surface area (Å²) in [4.78, 5) is 0. The fourth-order valence-electron chi connectivity index (χ4n) is 1.50. The van der Waals surface area contributed by atoms with Gasteiger partial charge >= 0.3 is 0 Å². The molecule has 0 heteroatoms. The Morgan fingerprint density at radius 1 is 0.818 bits per heavy atom. The first-order valence-corrected chi connectivity index (χ1v) is 4.20. The number of rotatable bonds is 0. The van der Waals surface area contributed by atoms with E-state index in [2.05, 4.69) is 36.5 Å². The van der Waals surface area contributed by atoms with Crippen LogP contribution in [-0.2, 0) is 0 Å². The van der Waals surface area contributed by atoms with Crippen LogP contribution in [0.3, 0.4) is 0 Å². The maximum absolute atomic E-state index is 2.32. The lowest BCUT2D eigenvalue weighted by atomic mass is 10.00. The Bertz CT molecular complexity index is 256. The van der Waals surface area contributed by atoms with Gasteiger partial charge in [0.2, 0.25) is 0 Å². The van der Waals surface area contributed by atoms with Gasteiger partial charge in [-0.2, -0.15) is 0 Å². The van der Waals surface area contributed by atoms with Crippen LogP contribution in [0.25, 0.3) is 0 Å². The highest BCUT2D eigenvalue weighted by Crippen LogP contribution is 2.22. The van der Waals surface area contributed by atoms with Crippen molar-refractivity contribution in [1.29, 1.82) is 0 Å². The first-order valence-electron chi connectivity index (χ1n) is 4.20. The Morgan fingerprint density at radius 2 is 1.64 bits per heavy atom. The van der Waals surface area contributed by atoms with Crippen molar-refractivity contribution < 1.29 is 0 Å². The summed E-state index contributed by atoms with van der Waals surface area (Å²) >= 11 is 0. The van der Waals surface area contributed by atoms with Gasteiger partial charge in [-0.25, -0.2) is 0 Å². The molecule has 0 radical (unpaired) electrons. The monoisotopic (exact) mass is 144 g/mol. The van der Waals surface area contributed by atoms with Crippen molar-refractivity contribution in [2.45, 2.75) is 19.3 Å². The lowest BCUT2D eigenvalue weighted by Gasteiger charge is -2.05. The van der Waals surface area contributed by atoms with E-state index < -0.39 is 0 Å². The van der Waals surface area contributed by atoms with Gasteiger partial charge in [0.15, 0.2) is 0 Å². The van der Waals surface area contributed by atoms with E-state index in [1.54, 1.807) is 0 Å². The highest BCUT2D eigenvalue weighted by atomic mass is 14.1. The molecule has 0 atom stereocenters. The molecule has 0 aromatic heterocycles. The molecule has 0 spiro atoms. The lowest BCUT2D eigenvalue weighted by molar-refractivity contribution is 1.05. The van der Waals surface area contributed by atoms with Crippen LogP contribution < -0.4 is 0 Å². The summed E-state index contributed by atoms with van der Waals surface area (Å²) in [5.74, 6) is 0. The standard InChI is InChI=1S/C11H12/c1-2-6-10-8-4-5-9-11(10)7-3-1/h2,5-9H,1,3-4H2. The van der Waals surface area contributed by atoms with E-state index in [-0.39, 0.29) is 0 Å². The normalized spacial score (nSPS) is 21.8. The van der Waals surface area contributed by atoms with E-state index in [0.717, 1.165) is 6.42 Å². The summed E-state index contributed by atoms with van der Waals surface area (Å²) in [5.41, 5.74) is 2.81. The fraction of sp³-hybridized carbons (Fsp3) is 0.273. The third kappa shape index (κ3) is 1.35. The minimum atomic E-state index is 1.09. The average Bonchev–Trinajstić information content (AvgIpc) is 2.28. The highest BCUT2D eigenvalue weighted by Gasteiger charge is 2.03. The molecule has 0 nitrogen and oxygen atoms in total. The van der Waals surface area contributed by atoms with Crippen molar-refractivity contribution in [3.8, 4) is 0 Å². The molecule has 0 unspecified atom stereocenters. The molecule has 0 saturated carbocycles. The summed E-state index contributed by atoms with van der Waals surface area (Å²) in [7, 11) is 0. The summed E-state index contributed by atoms with van der Waals surface area (Å²) in [6, 6.07) is 0. The molecule has 0 aromatic rings. The van der Waals surface area contributed by atoms with E-state index in [0.29, 0.717) is 0 Å². The van der Waals surface area contributed by atoms with E-state index in [1.165, 1.54) is 24.0 Å². The largest absolute Gasteiger partial charge is 0.0836 e. The molecule has 56 valence electrons. The molecule has 0 N–H and O–H groups in total.